The molecule has 6 nitrogen and oxygen atoms in total. The minimum atomic E-state index is -6.60. The molecule has 0 radical (unpaired) electrons. The predicted molar refractivity (Wildman–Crippen MR) is 51.0 cm³/mol. The lowest BCUT2D eigenvalue weighted by atomic mass is 10.1. The topological polar surface area (TPSA) is 112 Å². The van der Waals surface area contributed by atoms with Crippen LogP contribution in [0.4, 0.5) is 57.1 Å². The summed E-state index contributed by atoms with van der Waals surface area (Å²) in [4.78, 5) is 27.2. The Bertz CT molecular complexity index is 504. The molecule has 27 heavy (non-hydrogen) atoms. The molecule has 0 spiro atoms. The fourth-order valence-electron chi connectivity index (χ4n) is 0.312. The van der Waals surface area contributed by atoms with Crippen molar-refractivity contribution in [2.45, 2.75) is 30.4 Å². The molecule has 0 aliphatic rings. The van der Waals surface area contributed by atoms with Gasteiger partial charge in [-0.05, 0) is 0 Å². The molecular formula is C8H3F13O6. The summed E-state index contributed by atoms with van der Waals surface area (Å²) in [6.45, 7) is 0. The molecule has 0 heterocycles. The van der Waals surface area contributed by atoms with Crippen LogP contribution in [0, 0.1) is 0 Å². The lowest BCUT2D eigenvalue weighted by molar-refractivity contribution is -0.347. The van der Waals surface area contributed by atoms with Gasteiger partial charge in [-0.1, -0.05) is 0 Å². The van der Waals surface area contributed by atoms with Crippen LogP contribution in [0.2, 0.25) is 0 Å². The lowest BCUT2D eigenvalue weighted by Gasteiger charge is -2.24. The molecule has 0 aromatic carbocycles. The number of carboxylic acid groups (broad SMARTS) is 3. The number of hydrogen-bond donors (Lipinski definition) is 3. The summed E-state index contributed by atoms with van der Waals surface area (Å²) in [5.41, 5.74) is 0. The van der Waals surface area contributed by atoms with Gasteiger partial charge in [0.1, 0.15) is 0 Å². The number of alkyl halides is 13. The summed E-state index contributed by atoms with van der Waals surface area (Å²) in [6.07, 6.45) is -16.8. The van der Waals surface area contributed by atoms with Gasteiger partial charge in [0.2, 0.25) is 0 Å². The van der Waals surface area contributed by atoms with Gasteiger partial charge in [0.25, 0.3) is 0 Å². The second-order valence-electron chi connectivity index (χ2n) is 3.56. The van der Waals surface area contributed by atoms with E-state index in [2.05, 4.69) is 0 Å². The van der Waals surface area contributed by atoms with Crippen molar-refractivity contribution in [2.24, 2.45) is 0 Å². The Balaban J connectivity index is -0.000000350. The van der Waals surface area contributed by atoms with Crippen LogP contribution in [-0.2, 0) is 14.4 Å². The van der Waals surface area contributed by atoms with Gasteiger partial charge >= 0.3 is 48.3 Å². The van der Waals surface area contributed by atoms with Gasteiger partial charge in [0.15, 0.2) is 0 Å². The van der Waals surface area contributed by atoms with E-state index in [0.717, 1.165) is 0 Å². The van der Waals surface area contributed by atoms with E-state index >= 15 is 0 Å². The molecule has 3 N–H and O–H groups in total. The molecule has 0 atom stereocenters. The molecular weight excluding hydrogens is 439 g/mol. The molecule has 0 aliphatic carbocycles. The Morgan fingerprint density at radius 3 is 0.704 bits per heavy atom. The zero-order valence-corrected chi connectivity index (χ0v) is 11.5. The van der Waals surface area contributed by atoms with Gasteiger partial charge in [-0.2, -0.15) is 57.1 Å². The quantitative estimate of drug-likeness (QED) is 0.567. The fraction of sp³-hybridized carbons (Fsp3) is 0.625. The molecule has 0 aromatic heterocycles. The van der Waals surface area contributed by atoms with Crippen LogP contribution in [0.3, 0.4) is 0 Å². The van der Waals surface area contributed by atoms with Gasteiger partial charge in [-0.25, -0.2) is 14.4 Å². The summed E-state index contributed by atoms with van der Waals surface area (Å²) >= 11 is 0. The molecule has 19 heteroatoms. The van der Waals surface area contributed by atoms with E-state index in [0.29, 0.717) is 0 Å². The average Bonchev–Trinajstić information content (AvgIpc) is 2.35. The van der Waals surface area contributed by atoms with Crippen molar-refractivity contribution in [1.29, 1.82) is 0 Å². The normalized spacial score (nSPS) is 12.8. The van der Waals surface area contributed by atoms with E-state index < -0.39 is 48.3 Å². The van der Waals surface area contributed by atoms with Crippen molar-refractivity contribution in [1.82, 2.24) is 0 Å². The molecule has 0 bridgehead atoms. The maximum absolute atomic E-state index is 11.8. The highest BCUT2D eigenvalue weighted by Crippen LogP contribution is 2.46. The van der Waals surface area contributed by atoms with Crippen LogP contribution in [0.15, 0.2) is 0 Å². The molecule has 0 saturated carbocycles. The third kappa shape index (κ3) is 9.68. The molecule has 0 fully saturated rings. The van der Waals surface area contributed by atoms with Gasteiger partial charge in [0.05, 0.1) is 0 Å². The minimum Gasteiger partial charge on any atom is -0.477 e. The first-order valence-electron chi connectivity index (χ1n) is 4.99. The SMILES string of the molecule is O=C(O)C(F)(F)C(F)(F)C(F)(F)F.O=C(O)C(F)(F)F.O=C(O)C(F)(F)F. The highest BCUT2D eigenvalue weighted by molar-refractivity contribution is 5.77. The number of carbonyl (C=O) groups is 3. The van der Waals surface area contributed by atoms with Crippen molar-refractivity contribution in [3.05, 3.63) is 0 Å². The van der Waals surface area contributed by atoms with Crippen molar-refractivity contribution >= 4 is 17.9 Å². The highest BCUT2D eigenvalue weighted by Gasteiger charge is 2.76. The summed E-state index contributed by atoms with van der Waals surface area (Å²) in [5, 5.41) is 21.7. The van der Waals surface area contributed by atoms with E-state index in [4.69, 9.17) is 24.9 Å². The van der Waals surface area contributed by atoms with E-state index in [-0.39, 0.29) is 0 Å². The Labute approximate surface area is 136 Å². The Morgan fingerprint density at radius 1 is 0.481 bits per heavy atom. The number of hydrogen-bond acceptors (Lipinski definition) is 3. The van der Waals surface area contributed by atoms with Crippen LogP contribution >= 0.6 is 0 Å². The zero-order chi connectivity index (χ0) is 23.2. The Hall–Kier alpha value is -2.50. The molecule has 0 unspecified atom stereocenters. The first-order valence-corrected chi connectivity index (χ1v) is 4.99. The summed E-state index contributed by atoms with van der Waals surface area (Å²) in [6, 6.07) is 0. The second-order valence-corrected chi connectivity index (χ2v) is 3.56. The fourth-order valence-corrected chi connectivity index (χ4v) is 0.312. The first-order chi connectivity index (χ1) is 11.3. The number of carboxylic acids is 3. The number of halogens is 13. The van der Waals surface area contributed by atoms with Crippen LogP contribution in [-0.4, -0.2) is 63.6 Å². The maximum Gasteiger partial charge on any atom is 0.490 e. The van der Waals surface area contributed by atoms with Crippen LogP contribution < -0.4 is 0 Å². The van der Waals surface area contributed by atoms with Crippen molar-refractivity contribution in [3.8, 4) is 0 Å². The van der Waals surface area contributed by atoms with Crippen molar-refractivity contribution in [2.75, 3.05) is 0 Å². The molecule has 0 aliphatic heterocycles. The third-order valence-electron chi connectivity index (χ3n) is 1.50. The van der Waals surface area contributed by atoms with E-state index in [1.807, 2.05) is 0 Å². The molecule has 0 rings (SSSR count). The number of rotatable bonds is 2. The third-order valence-corrected chi connectivity index (χ3v) is 1.50. The standard InChI is InChI=1S/C4HF7O2.2C2HF3O2/c5-2(6,1(12)13)3(7,8)4(9,10)11;2*3-2(4,5)1(6)7/h(H,12,13);2*(H,6,7). The zero-order valence-electron chi connectivity index (χ0n) is 11.5. The van der Waals surface area contributed by atoms with Crippen LogP contribution in [0.5, 0.6) is 0 Å². The van der Waals surface area contributed by atoms with E-state index in [9.17, 15) is 61.9 Å². The maximum atomic E-state index is 11.8. The predicted octanol–water partition coefficient (Wildman–Crippen LogP) is 3.17. The summed E-state index contributed by atoms with van der Waals surface area (Å²) < 4.78 is 144. The van der Waals surface area contributed by atoms with E-state index in [1.165, 1.54) is 0 Å². The Kier molecular flexibility index (Phi) is 9.68. The van der Waals surface area contributed by atoms with Gasteiger partial charge < -0.3 is 15.3 Å². The second kappa shape index (κ2) is 8.93. The summed E-state index contributed by atoms with van der Waals surface area (Å²) in [5.74, 6) is -21.8. The molecule has 0 aromatic rings. The van der Waals surface area contributed by atoms with Crippen molar-refractivity contribution < 1.29 is 86.8 Å². The van der Waals surface area contributed by atoms with Crippen LogP contribution in [0.1, 0.15) is 0 Å². The number of aliphatic carboxylic acids is 3. The monoisotopic (exact) mass is 442 g/mol. The molecule has 162 valence electrons. The van der Waals surface area contributed by atoms with Crippen molar-refractivity contribution in [3.63, 3.8) is 0 Å². The van der Waals surface area contributed by atoms with Gasteiger partial charge in [0, 0.05) is 0 Å². The van der Waals surface area contributed by atoms with Gasteiger partial charge in [-0.3, -0.25) is 0 Å². The largest absolute Gasteiger partial charge is 0.490 e. The van der Waals surface area contributed by atoms with Gasteiger partial charge in [-0.15, -0.1) is 0 Å². The van der Waals surface area contributed by atoms with Crippen LogP contribution in [0.25, 0.3) is 0 Å². The highest BCUT2D eigenvalue weighted by atomic mass is 19.4. The molecule has 0 amide bonds. The average molecular weight is 442 g/mol. The Morgan fingerprint density at radius 2 is 0.667 bits per heavy atom. The molecule has 0 saturated heterocycles. The first kappa shape index (κ1) is 29.3. The lowest BCUT2D eigenvalue weighted by Crippen LogP contribution is -2.56. The smallest absolute Gasteiger partial charge is 0.477 e. The minimum absolute atomic E-state index is 2.76. The van der Waals surface area contributed by atoms with E-state index in [1.54, 1.807) is 0 Å². The summed E-state index contributed by atoms with van der Waals surface area (Å²) in [7, 11) is 0.